The summed E-state index contributed by atoms with van der Waals surface area (Å²) in [7, 11) is 1.62. The van der Waals surface area contributed by atoms with E-state index >= 15 is 0 Å². The number of hydrogen-bond acceptors (Lipinski definition) is 5. The van der Waals surface area contributed by atoms with Crippen LogP contribution < -0.4 is 4.74 Å². The summed E-state index contributed by atoms with van der Waals surface area (Å²) in [5, 5.41) is 1.29. The van der Waals surface area contributed by atoms with Gasteiger partial charge in [0.1, 0.15) is 11.3 Å². The highest BCUT2D eigenvalue weighted by Crippen LogP contribution is 2.38. The van der Waals surface area contributed by atoms with Gasteiger partial charge in [-0.3, -0.25) is 14.6 Å². The molecule has 7 heteroatoms. The van der Waals surface area contributed by atoms with Crippen LogP contribution in [0.15, 0.2) is 54.6 Å². The lowest BCUT2D eigenvalue weighted by Crippen LogP contribution is -2.56. The highest BCUT2D eigenvalue weighted by molar-refractivity contribution is 7.19. The quantitative estimate of drug-likeness (QED) is 0.496. The number of piperidine rings is 1. The molecule has 2 aromatic carbocycles. The molecular formula is C26H29N3O3S. The van der Waals surface area contributed by atoms with Crippen LogP contribution in [0, 0.1) is 0 Å². The molecule has 3 amide bonds. The zero-order valence-electron chi connectivity index (χ0n) is 19.1. The number of ether oxygens (including phenoxy) is 1. The molecule has 2 saturated heterocycles. The first kappa shape index (κ1) is 21.9. The largest absolute Gasteiger partial charge is 0.497 e. The van der Waals surface area contributed by atoms with E-state index in [9.17, 15) is 9.59 Å². The van der Waals surface area contributed by atoms with Crippen molar-refractivity contribution in [3.63, 3.8) is 0 Å². The lowest BCUT2D eigenvalue weighted by atomic mass is 9.85. The summed E-state index contributed by atoms with van der Waals surface area (Å²) in [4.78, 5) is 33.8. The Labute approximate surface area is 198 Å². The van der Waals surface area contributed by atoms with Gasteiger partial charge in [0, 0.05) is 35.8 Å². The summed E-state index contributed by atoms with van der Waals surface area (Å²) >= 11 is 1.83. The van der Waals surface area contributed by atoms with Crippen molar-refractivity contribution in [1.29, 1.82) is 0 Å². The van der Waals surface area contributed by atoms with E-state index in [1.165, 1.54) is 19.9 Å². The van der Waals surface area contributed by atoms with Crippen LogP contribution in [0.5, 0.6) is 5.75 Å². The molecule has 172 valence electrons. The fourth-order valence-corrected chi connectivity index (χ4v) is 6.32. The van der Waals surface area contributed by atoms with Gasteiger partial charge in [-0.05, 0) is 55.0 Å². The molecule has 1 spiro atoms. The number of fused-ring (bicyclic) bond motifs is 1. The molecule has 0 aliphatic carbocycles. The second kappa shape index (κ2) is 8.80. The van der Waals surface area contributed by atoms with Crippen molar-refractivity contribution in [3.05, 3.63) is 65.0 Å². The van der Waals surface area contributed by atoms with Crippen molar-refractivity contribution >= 4 is 33.4 Å². The minimum absolute atomic E-state index is 0.0568. The molecule has 0 radical (unpaired) electrons. The molecule has 2 fully saturated rings. The van der Waals surface area contributed by atoms with Crippen LogP contribution in [0.25, 0.3) is 10.1 Å². The third kappa shape index (κ3) is 3.89. The van der Waals surface area contributed by atoms with Gasteiger partial charge in [-0.25, -0.2) is 4.79 Å². The average molecular weight is 464 g/mol. The van der Waals surface area contributed by atoms with Gasteiger partial charge in [0.15, 0.2) is 0 Å². The SMILES string of the molecule is CCN1C(=O)N(Cc2cccc(OC)c2)C(=O)C12CCN(Cc1cc3ccccc3s1)CC2. The predicted molar refractivity (Wildman–Crippen MR) is 130 cm³/mol. The van der Waals surface area contributed by atoms with E-state index in [-0.39, 0.29) is 18.5 Å². The summed E-state index contributed by atoms with van der Waals surface area (Å²) in [5.41, 5.74) is 0.174. The first-order valence-corrected chi connectivity index (χ1v) is 12.3. The number of thiophene rings is 1. The van der Waals surface area contributed by atoms with E-state index in [1.54, 1.807) is 12.0 Å². The first-order valence-electron chi connectivity index (χ1n) is 11.5. The number of methoxy groups -OCH3 is 1. The van der Waals surface area contributed by atoms with Gasteiger partial charge in [-0.2, -0.15) is 0 Å². The van der Waals surface area contributed by atoms with E-state index in [0.29, 0.717) is 19.4 Å². The molecule has 2 aliphatic heterocycles. The summed E-state index contributed by atoms with van der Waals surface area (Å²) in [6.07, 6.45) is 1.34. The first-order chi connectivity index (χ1) is 16.0. The van der Waals surface area contributed by atoms with Crippen molar-refractivity contribution in [2.75, 3.05) is 26.7 Å². The van der Waals surface area contributed by atoms with Gasteiger partial charge in [-0.1, -0.05) is 30.3 Å². The van der Waals surface area contributed by atoms with Crippen molar-refractivity contribution in [1.82, 2.24) is 14.7 Å². The summed E-state index contributed by atoms with van der Waals surface area (Å²) < 4.78 is 6.61. The predicted octanol–water partition coefficient (Wildman–Crippen LogP) is 4.73. The Morgan fingerprint density at radius 1 is 1.00 bits per heavy atom. The Balaban J connectivity index is 1.30. The van der Waals surface area contributed by atoms with E-state index in [1.807, 2.05) is 42.5 Å². The molecule has 0 saturated carbocycles. The Bertz CT molecular complexity index is 1150. The molecule has 0 bridgehead atoms. The Morgan fingerprint density at radius 3 is 2.52 bits per heavy atom. The number of benzene rings is 2. The molecular weight excluding hydrogens is 434 g/mol. The number of likely N-dealkylation sites (tertiary alicyclic amines) is 1. The van der Waals surface area contributed by atoms with Gasteiger partial charge in [0.05, 0.1) is 13.7 Å². The third-order valence-electron chi connectivity index (χ3n) is 6.95. The van der Waals surface area contributed by atoms with Crippen LogP contribution in [0.4, 0.5) is 4.79 Å². The molecule has 0 atom stereocenters. The number of hydrogen-bond donors (Lipinski definition) is 0. The number of imide groups is 1. The van der Waals surface area contributed by atoms with Crippen LogP contribution in [0.2, 0.25) is 0 Å². The minimum atomic E-state index is -0.721. The fraction of sp³-hybridized carbons (Fsp3) is 0.385. The standard InChI is InChI=1S/C26H29N3O3S/c1-3-29-25(31)28(17-19-7-6-9-21(15-19)32-2)24(30)26(29)11-13-27(14-12-26)18-22-16-20-8-4-5-10-23(20)33-22/h4-10,15-16H,3,11-14,17-18H2,1-2H3. The van der Waals surface area contributed by atoms with Gasteiger partial charge in [0.2, 0.25) is 0 Å². The summed E-state index contributed by atoms with van der Waals surface area (Å²) in [5.74, 6) is 0.668. The van der Waals surface area contributed by atoms with Gasteiger partial charge in [0.25, 0.3) is 5.91 Å². The summed E-state index contributed by atoms with van der Waals surface area (Å²) in [6, 6.07) is 18.1. The molecule has 0 N–H and O–H groups in total. The fourth-order valence-electron chi connectivity index (χ4n) is 5.21. The van der Waals surface area contributed by atoms with Crippen LogP contribution >= 0.6 is 11.3 Å². The summed E-state index contributed by atoms with van der Waals surface area (Å²) in [6.45, 7) is 5.27. The zero-order chi connectivity index (χ0) is 23.0. The van der Waals surface area contributed by atoms with Crippen LogP contribution in [0.3, 0.4) is 0 Å². The van der Waals surface area contributed by atoms with Crippen molar-refractivity contribution < 1.29 is 14.3 Å². The van der Waals surface area contributed by atoms with E-state index in [2.05, 4.69) is 35.2 Å². The maximum Gasteiger partial charge on any atom is 0.327 e. The van der Waals surface area contributed by atoms with Crippen molar-refractivity contribution in [2.24, 2.45) is 0 Å². The van der Waals surface area contributed by atoms with Gasteiger partial charge in [-0.15, -0.1) is 11.3 Å². The molecule has 33 heavy (non-hydrogen) atoms. The molecule has 6 nitrogen and oxygen atoms in total. The molecule has 1 aromatic heterocycles. The minimum Gasteiger partial charge on any atom is -0.497 e. The molecule has 2 aliphatic rings. The normalized spacial score (nSPS) is 18.6. The molecule has 3 aromatic rings. The number of nitrogens with zero attached hydrogens (tertiary/aromatic N) is 3. The second-order valence-electron chi connectivity index (χ2n) is 8.83. The Kier molecular flexibility index (Phi) is 5.85. The Hall–Kier alpha value is -2.90. The number of urea groups is 1. The lowest BCUT2D eigenvalue weighted by Gasteiger charge is -2.41. The second-order valence-corrected chi connectivity index (χ2v) is 10.00. The third-order valence-corrected chi connectivity index (χ3v) is 8.05. The van der Waals surface area contributed by atoms with Crippen LogP contribution in [0.1, 0.15) is 30.2 Å². The van der Waals surface area contributed by atoms with E-state index in [4.69, 9.17) is 4.74 Å². The number of rotatable bonds is 6. The maximum absolute atomic E-state index is 13.6. The molecule has 5 rings (SSSR count). The van der Waals surface area contributed by atoms with Crippen molar-refractivity contribution in [2.45, 2.75) is 38.4 Å². The highest BCUT2D eigenvalue weighted by atomic mass is 32.1. The molecule has 3 heterocycles. The van der Waals surface area contributed by atoms with Gasteiger partial charge < -0.3 is 9.64 Å². The van der Waals surface area contributed by atoms with Crippen molar-refractivity contribution in [3.8, 4) is 5.75 Å². The van der Waals surface area contributed by atoms with E-state index in [0.717, 1.165) is 30.9 Å². The average Bonchev–Trinajstić information content (AvgIpc) is 3.33. The smallest absolute Gasteiger partial charge is 0.327 e. The number of amides is 3. The number of carbonyl (C=O) groups is 2. The number of likely N-dealkylation sites (N-methyl/N-ethyl adjacent to an activating group) is 1. The zero-order valence-corrected chi connectivity index (χ0v) is 19.9. The monoisotopic (exact) mass is 463 g/mol. The molecule has 0 unspecified atom stereocenters. The number of carbonyl (C=O) groups excluding carboxylic acids is 2. The lowest BCUT2D eigenvalue weighted by molar-refractivity contribution is -0.136. The van der Waals surface area contributed by atoms with Gasteiger partial charge >= 0.3 is 6.03 Å². The topological polar surface area (TPSA) is 53.1 Å². The van der Waals surface area contributed by atoms with Crippen LogP contribution in [-0.4, -0.2) is 58.9 Å². The Morgan fingerprint density at radius 2 is 1.79 bits per heavy atom. The van der Waals surface area contributed by atoms with Crippen LogP contribution in [-0.2, 0) is 17.9 Å². The highest BCUT2D eigenvalue weighted by Gasteiger charge is 2.57. The van der Waals surface area contributed by atoms with E-state index < -0.39 is 5.54 Å². The maximum atomic E-state index is 13.6.